The number of carbonyl (C=O) groups excluding carboxylic acids is 1. The Labute approximate surface area is 113 Å². The van der Waals surface area contributed by atoms with Gasteiger partial charge in [-0.05, 0) is 24.9 Å². The van der Waals surface area contributed by atoms with E-state index in [9.17, 15) is 4.79 Å². The van der Waals surface area contributed by atoms with E-state index in [0.29, 0.717) is 6.61 Å². The molecule has 2 saturated heterocycles. The molecule has 3 rings (SSSR count). The van der Waals surface area contributed by atoms with Crippen LogP contribution < -0.4 is 5.32 Å². The van der Waals surface area contributed by atoms with Crippen LogP contribution >= 0.6 is 0 Å². The lowest BCUT2D eigenvalue weighted by Gasteiger charge is -2.51. The van der Waals surface area contributed by atoms with Gasteiger partial charge in [-0.25, -0.2) is 4.79 Å². The van der Waals surface area contributed by atoms with E-state index in [1.807, 2.05) is 30.3 Å². The van der Waals surface area contributed by atoms with Crippen molar-refractivity contribution in [1.29, 1.82) is 0 Å². The van der Waals surface area contributed by atoms with Crippen molar-refractivity contribution >= 4 is 6.09 Å². The van der Waals surface area contributed by atoms with E-state index in [1.165, 1.54) is 19.3 Å². The van der Waals surface area contributed by atoms with Crippen LogP contribution in [0.25, 0.3) is 0 Å². The fourth-order valence-electron chi connectivity index (χ4n) is 2.92. The second kappa shape index (κ2) is 5.21. The minimum atomic E-state index is -0.193. The Morgan fingerprint density at radius 2 is 2.05 bits per heavy atom. The fraction of sp³-hybridized carbons (Fsp3) is 0.533. The third-order valence-electron chi connectivity index (χ3n) is 4.03. The Morgan fingerprint density at radius 3 is 2.74 bits per heavy atom. The van der Waals surface area contributed by atoms with Crippen molar-refractivity contribution in [3.05, 3.63) is 35.9 Å². The zero-order valence-electron chi connectivity index (χ0n) is 11.1. The van der Waals surface area contributed by atoms with Crippen LogP contribution in [0.4, 0.5) is 4.79 Å². The molecular weight excluding hydrogens is 240 g/mol. The Morgan fingerprint density at radius 1 is 1.26 bits per heavy atom. The summed E-state index contributed by atoms with van der Waals surface area (Å²) in [5.41, 5.74) is 1.21. The van der Waals surface area contributed by atoms with E-state index in [2.05, 4.69) is 5.32 Å². The molecule has 2 fully saturated rings. The van der Waals surface area contributed by atoms with Gasteiger partial charge in [0.05, 0.1) is 5.54 Å². The monoisotopic (exact) mass is 260 g/mol. The molecule has 1 aromatic carbocycles. The van der Waals surface area contributed by atoms with Gasteiger partial charge in [0.2, 0.25) is 0 Å². The summed E-state index contributed by atoms with van der Waals surface area (Å²) in [5, 5.41) is 3.54. The number of hydrogen-bond acceptors (Lipinski definition) is 3. The average molecular weight is 260 g/mol. The maximum absolute atomic E-state index is 11.9. The summed E-state index contributed by atoms with van der Waals surface area (Å²) in [4.78, 5) is 13.7. The highest BCUT2D eigenvalue weighted by molar-refractivity contribution is 5.69. The number of nitrogens with one attached hydrogen (secondary N) is 1. The molecule has 1 N–H and O–H groups in total. The molecule has 1 aromatic rings. The summed E-state index contributed by atoms with van der Waals surface area (Å²) >= 11 is 0. The normalized spacial score (nSPS) is 20.9. The molecule has 0 bridgehead atoms. The van der Waals surface area contributed by atoms with Crippen LogP contribution in [0.5, 0.6) is 0 Å². The quantitative estimate of drug-likeness (QED) is 0.886. The highest BCUT2D eigenvalue weighted by Gasteiger charge is 2.46. The van der Waals surface area contributed by atoms with Crippen molar-refractivity contribution in [2.24, 2.45) is 0 Å². The van der Waals surface area contributed by atoms with Crippen molar-refractivity contribution in [1.82, 2.24) is 10.2 Å². The first-order chi connectivity index (χ1) is 9.27. The van der Waals surface area contributed by atoms with Gasteiger partial charge in [-0.15, -0.1) is 0 Å². The lowest BCUT2D eigenvalue weighted by Crippen LogP contribution is -2.71. The summed E-state index contributed by atoms with van der Waals surface area (Å²) in [6, 6.07) is 9.79. The second-order valence-corrected chi connectivity index (χ2v) is 5.56. The third kappa shape index (κ3) is 2.73. The summed E-state index contributed by atoms with van der Waals surface area (Å²) in [6.07, 6.45) is 3.50. The predicted molar refractivity (Wildman–Crippen MR) is 72.8 cm³/mol. The molecule has 1 amide bonds. The van der Waals surface area contributed by atoms with E-state index in [4.69, 9.17) is 4.74 Å². The number of piperidine rings is 1. The van der Waals surface area contributed by atoms with Crippen LogP contribution in [0.2, 0.25) is 0 Å². The van der Waals surface area contributed by atoms with E-state index >= 15 is 0 Å². The first kappa shape index (κ1) is 12.5. The number of hydrogen-bond donors (Lipinski definition) is 1. The van der Waals surface area contributed by atoms with Gasteiger partial charge in [0.1, 0.15) is 6.61 Å². The van der Waals surface area contributed by atoms with Gasteiger partial charge < -0.3 is 15.0 Å². The molecule has 102 valence electrons. The summed E-state index contributed by atoms with van der Waals surface area (Å²) < 4.78 is 5.33. The molecule has 0 aromatic heterocycles. The summed E-state index contributed by atoms with van der Waals surface area (Å²) in [5.74, 6) is 0. The van der Waals surface area contributed by atoms with Crippen LogP contribution in [0.1, 0.15) is 24.8 Å². The molecule has 0 saturated carbocycles. The molecular formula is C15H20N2O2. The number of ether oxygens (including phenoxy) is 1. The minimum Gasteiger partial charge on any atom is -0.445 e. The minimum absolute atomic E-state index is 0.185. The van der Waals surface area contributed by atoms with Gasteiger partial charge in [-0.2, -0.15) is 0 Å². The first-order valence-corrected chi connectivity index (χ1v) is 6.98. The number of carbonyl (C=O) groups is 1. The summed E-state index contributed by atoms with van der Waals surface area (Å²) in [7, 11) is 0. The Kier molecular flexibility index (Phi) is 3.42. The Bertz CT molecular complexity index is 433. The van der Waals surface area contributed by atoms with Crippen molar-refractivity contribution < 1.29 is 9.53 Å². The van der Waals surface area contributed by atoms with Gasteiger partial charge in [0, 0.05) is 13.1 Å². The summed E-state index contributed by atoms with van der Waals surface area (Å²) in [6.45, 7) is 3.02. The lowest BCUT2D eigenvalue weighted by molar-refractivity contribution is 0.00939. The van der Waals surface area contributed by atoms with Gasteiger partial charge >= 0.3 is 6.09 Å². The topological polar surface area (TPSA) is 41.6 Å². The maximum atomic E-state index is 11.9. The van der Waals surface area contributed by atoms with Crippen LogP contribution in [-0.4, -0.2) is 36.2 Å². The Balaban J connectivity index is 1.45. The number of amides is 1. The van der Waals surface area contributed by atoms with Crippen LogP contribution in [-0.2, 0) is 11.3 Å². The van der Waals surface area contributed by atoms with Crippen molar-refractivity contribution in [2.45, 2.75) is 31.4 Å². The molecule has 2 aliphatic rings. The van der Waals surface area contributed by atoms with Crippen LogP contribution in [0.3, 0.4) is 0 Å². The van der Waals surface area contributed by atoms with Gasteiger partial charge in [-0.3, -0.25) is 0 Å². The molecule has 2 aliphatic heterocycles. The fourth-order valence-corrected chi connectivity index (χ4v) is 2.92. The molecule has 2 heterocycles. The molecule has 1 spiro atoms. The standard InChI is InChI=1S/C15H20N2O2/c18-14(19-10-13-6-2-1-3-7-13)17-11-15(12-17)8-4-5-9-16-15/h1-3,6-7,16H,4-5,8-12H2. The second-order valence-electron chi connectivity index (χ2n) is 5.56. The van der Waals surface area contributed by atoms with Crippen LogP contribution in [0.15, 0.2) is 30.3 Å². The number of nitrogens with zero attached hydrogens (tertiary/aromatic N) is 1. The van der Waals surface area contributed by atoms with E-state index in [-0.39, 0.29) is 11.6 Å². The number of rotatable bonds is 2. The van der Waals surface area contributed by atoms with Crippen LogP contribution in [0, 0.1) is 0 Å². The zero-order valence-corrected chi connectivity index (χ0v) is 11.1. The highest BCUT2D eigenvalue weighted by atomic mass is 16.6. The number of benzene rings is 1. The predicted octanol–water partition coefficient (Wildman–Crippen LogP) is 2.15. The molecule has 0 unspecified atom stereocenters. The molecule has 4 heteroatoms. The van der Waals surface area contributed by atoms with E-state index < -0.39 is 0 Å². The zero-order chi connectivity index (χ0) is 13.1. The largest absolute Gasteiger partial charge is 0.445 e. The molecule has 4 nitrogen and oxygen atoms in total. The van der Waals surface area contributed by atoms with Gasteiger partial charge in [0.15, 0.2) is 0 Å². The molecule has 0 aliphatic carbocycles. The van der Waals surface area contributed by atoms with Crippen molar-refractivity contribution in [2.75, 3.05) is 19.6 Å². The molecule has 0 atom stereocenters. The smallest absolute Gasteiger partial charge is 0.410 e. The average Bonchev–Trinajstić information content (AvgIpc) is 2.44. The van der Waals surface area contributed by atoms with Gasteiger partial charge in [-0.1, -0.05) is 36.8 Å². The van der Waals surface area contributed by atoms with Crippen molar-refractivity contribution in [3.8, 4) is 0 Å². The first-order valence-electron chi connectivity index (χ1n) is 6.98. The van der Waals surface area contributed by atoms with E-state index in [0.717, 1.165) is 25.2 Å². The third-order valence-corrected chi connectivity index (χ3v) is 4.03. The van der Waals surface area contributed by atoms with Gasteiger partial charge in [0.25, 0.3) is 0 Å². The molecule has 19 heavy (non-hydrogen) atoms. The Hall–Kier alpha value is -1.55. The maximum Gasteiger partial charge on any atom is 0.410 e. The number of likely N-dealkylation sites (tertiary alicyclic amines) is 1. The SMILES string of the molecule is O=C(OCc1ccccc1)N1CC2(CCCCN2)C1. The highest BCUT2D eigenvalue weighted by Crippen LogP contribution is 2.29. The van der Waals surface area contributed by atoms with Crippen molar-refractivity contribution in [3.63, 3.8) is 0 Å². The van der Waals surface area contributed by atoms with E-state index in [1.54, 1.807) is 4.90 Å². The lowest BCUT2D eigenvalue weighted by atomic mass is 9.82. The molecule has 0 radical (unpaired) electrons.